The van der Waals surface area contributed by atoms with Crippen LogP contribution < -0.4 is 10.6 Å². The Morgan fingerprint density at radius 3 is 2.49 bits per heavy atom. The predicted octanol–water partition coefficient (Wildman–Crippen LogP) is 4.01. The molecule has 39 heavy (non-hydrogen) atoms. The summed E-state index contributed by atoms with van der Waals surface area (Å²) >= 11 is 0. The number of carbonyl (C=O) groups excluding carboxylic acids is 2. The minimum absolute atomic E-state index is 0.0415. The van der Waals surface area contributed by atoms with Crippen molar-refractivity contribution >= 4 is 17.6 Å². The Kier molecular flexibility index (Phi) is 7.71. The number of hydrogen-bond acceptors (Lipinski definition) is 5. The molecule has 216 valence electrons. The van der Waals surface area contributed by atoms with Crippen LogP contribution in [-0.2, 0) is 9.53 Å². The van der Waals surface area contributed by atoms with Crippen LogP contribution in [0.5, 0.6) is 0 Å². The molecule has 1 saturated heterocycles. The van der Waals surface area contributed by atoms with E-state index in [0.717, 1.165) is 4.90 Å². The van der Waals surface area contributed by atoms with Gasteiger partial charge in [-0.25, -0.2) is 23.1 Å². The molecule has 0 spiro atoms. The number of carbonyl (C=O) groups is 2. The molecule has 3 amide bonds. The first-order valence-corrected chi connectivity index (χ1v) is 12.1. The van der Waals surface area contributed by atoms with E-state index in [1.165, 1.54) is 30.1 Å². The second-order valence-electron chi connectivity index (χ2n) is 9.96. The maximum Gasteiger partial charge on any atom is 0.410 e. The lowest BCUT2D eigenvalue weighted by molar-refractivity contribution is -0.150. The van der Waals surface area contributed by atoms with Crippen molar-refractivity contribution in [3.8, 4) is 0 Å². The zero-order valence-electron chi connectivity index (χ0n) is 20.9. The normalized spacial score (nSPS) is 22.1. The number of urea groups is 1. The summed E-state index contributed by atoms with van der Waals surface area (Å²) < 4.78 is 101. The number of amides is 3. The number of methoxy groups -OCH3 is 1. The molecule has 2 fully saturated rings. The molecule has 1 aliphatic heterocycles. The van der Waals surface area contributed by atoms with Crippen LogP contribution in [0.15, 0.2) is 18.5 Å². The zero-order chi connectivity index (χ0) is 28.8. The number of halogens is 7. The van der Waals surface area contributed by atoms with Crippen LogP contribution in [0.1, 0.15) is 55.9 Å². The van der Waals surface area contributed by atoms with Crippen molar-refractivity contribution in [2.45, 2.75) is 68.8 Å². The minimum atomic E-state index is -4.65. The summed E-state index contributed by atoms with van der Waals surface area (Å²) in [6.45, 7) is -0.406. The zero-order valence-corrected chi connectivity index (χ0v) is 20.9. The molecular weight excluding hydrogens is 541 g/mol. The Morgan fingerprint density at radius 1 is 1.26 bits per heavy atom. The Morgan fingerprint density at radius 2 is 1.92 bits per heavy atom. The highest BCUT2D eigenvalue weighted by molar-refractivity contribution is 5.83. The van der Waals surface area contributed by atoms with Gasteiger partial charge in [-0.2, -0.15) is 27.1 Å². The lowest BCUT2D eigenvalue weighted by atomic mass is 9.81. The van der Waals surface area contributed by atoms with E-state index in [0.29, 0.717) is 6.92 Å². The van der Waals surface area contributed by atoms with Gasteiger partial charge >= 0.3 is 18.1 Å². The SMILES string of the molecule is COC[C@H](c1cnn2cc([C@@H](NC(=O)C(C)(F)F)C3CCC(F)(F)CC3)nc2c1)N1C[C@@H](C(F)(F)F)NC1=O. The monoisotopic (exact) mass is 568 g/mol. The van der Waals surface area contributed by atoms with E-state index in [-0.39, 0.29) is 36.4 Å². The molecule has 3 atom stereocenters. The van der Waals surface area contributed by atoms with E-state index in [2.05, 4.69) is 15.4 Å². The van der Waals surface area contributed by atoms with Crippen LogP contribution in [0.4, 0.5) is 35.5 Å². The molecule has 2 aromatic heterocycles. The number of rotatable bonds is 8. The molecule has 2 aliphatic rings. The number of ether oxygens (including phenoxy) is 1. The largest absolute Gasteiger partial charge is 0.410 e. The average molecular weight is 568 g/mol. The van der Waals surface area contributed by atoms with Gasteiger partial charge in [0.25, 0.3) is 5.91 Å². The molecule has 1 saturated carbocycles. The van der Waals surface area contributed by atoms with Gasteiger partial charge in [-0.3, -0.25) is 4.79 Å². The van der Waals surface area contributed by atoms with Crippen LogP contribution in [0.25, 0.3) is 5.65 Å². The van der Waals surface area contributed by atoms with Crippen molar-refractivity contribution < 1.29 is 45.1 Å². The molecule has 9 nitrogen and oxygen atoms in total. The maximum atomic E-state index is 13.7. The van der Waals surface area contributed by atoms with Gasteiger partial charge in [0.15, 0.2) is 5.65 Å². The summed E-state index contributed by atoms with van der Waals surface area (Å²) in [5.41, 5.74) is 0.531. The van der Waals surface area contributed by atoms with E-state index >= 15 is 0 Å². The molecule has 4 rings (SSSR count). The van der Waals surface area contributed by atoms with Crippen molar-refractivity contribution in [3.05, 3.63) is 29.7 Å². The van der Waals surface area contributed by atoms with Crippen molar-refractivity contribution in [1.29, 1.82) is 0 Å². The van der Waals surface area contributed by atoms with Gasteiger partial charge in [0.1, 0.15) is 6.04 Å². The Balaban J connectivity index is 1.65. The summed E-state index contributed by atoms with van der Waals surface area (Å²) in [5, 5.41) is 8.31. The number of fused-ring (bicyclic) bond motifs is 1. The van der Waals surface area contributed by atoms with Crippen molar-refractivity contribution in [1.82, 2.24) is 30.1 Å². The predicted molar refractivity (Wildman–Crippen MR) is 121 cm³/mol. The summed E-state index contributed by atoms with van der Waals surface area (Å²) in [6.07, 6.45) is -3.03. The quantitative estimate of drug-likeness (QED) is 0.469. The number of nitrogens with one attached hydrogen (secondary N) is 2. The van der Waals surface area contributed by atoms with Gasteiger partial charge in [-0.1, -0.05) is 0 Å². The fourth-order valence-electron chi connectivity index (χ4n) is 4.87. The number of nitrogens with zero attached hydrogens (tertiary/aromatic N) is 4. The van der Waals surface area contributed by atoms with E-state index < -0.39 is 73.4 Å². The van der Waals surface area contributed by atoms with Gasteiger partial charge in [-0.15, -0.1) is 0 Å². The summed E-state index contributed by atoms with van der Waals surface area (Å²) in [7, 11) is 1.31. The molecule has 2 aromatic rings. The van der Waals surface area contributed by atoms with Gasteiger partial charge in [-0.05, 0) is 24.8 Å². The Labute approximate surface area is 218 Å². The topological polar surface area (TPSA) is 101 Å². The molecule has 0 aromatic carbocycles. The second-order valence-corrected chi connectivity index (χ2v) is 9.96. The van der Waals surface area contributed by atoms with E-state index in [1.807, 2.05) is 5.32 Å². The van der Waals surface area contributed by atoms with Gasteiger partial charge in [0.05, 0.1) is 43.3 Å². The fourth-order valence-corrected chi connectivity index (χ4v) is 4.87. The first-order chi connectivity index (χ1) is 18.1. The molecule has 16 heteroatoms. The molecule has 1 aliphatic carbocycles. The van der Waals surface area contributed by atoms with Crippen LogP contribution in [0, 0.1) is 5.92 Å². The summed E-state index contributed by atoms with van der Waals surface area (Å²) in [5.74, 6) is -8.80. The van der Waals surface area contributed by atoms with E-state index in [9.17, 15) is 40.3 Å². The number of aromatic nitrogens is 3. The smallest absolute Gasteiger partial charge is 0.382 e. The highest BCUT2D eigenvalue weighted by Crippen LogP contribution is 2.41. The van der Waals surface area contributed by atoms with Crippen LogP contribution in [-0.4, -0.2) is 75.8 Å². The standard InChI is InChI=1S/C23H27F7N6O3/c1-21(24,25)19(37)34-18(12-3-5-22(26,27)6-4-12)14-9-36-17(32-14)7-13(8-31-36)15(11-39-2)35-10-16(23(28,29)30)33-20(35)38/h7-9,12,15-16,18H,3-6,10-11H2,1-2H3,(H,33,38)(H,34,37)/t15-,16+,18+/m1/s1. The second kappa shape index (κ2) is 10.4. The average Bonchev–Trinajstić information content (AvgIpc) is 3.43. The van der Waals surface area contributed by atoms with Crippen molar-refractivity contribution in [3.63, 3.8) is 0 Å². The molecular formula is C23H27F7N6O3. The van der Waals surface area contributed by atoms with E-state index in [1.54, 1.807) is 0 Å². The third kappa shape index (κ3) is 6.36. The summed E-state index contributed by atoms with van der Waals surface area (Å²) in [6, 6.07) is -3.65. The van der Waals surface area contributed by atoms with Crippen molar-refractivity contribution in [2.75, 3.05) is 20.3 Å². The third-order valence-electron chi connectivity index (χ3n) is 7.02. The van der Waals surface area contributed by atoms with Crippen LogP contribution >= 0.6 is 0 Å². The van der Waals surface area contributed by atoms with Crippen LogP contribution in [0.2, 0.25) is 0 Å². The molecule has 0 unspecified atom stereocenters. The van der Waals surface area contributed by atoms with Crippen molar-refractivity contribution in [2.24, 2.45) is 5.92 Å². The van der Waals surface area contributed by atoms with Gasteiger partial charge in [0.2, 0.25) is 5.92 Å². The minimum Gasteiger partial charge on any atom is -0.382 e. The third-order valence-corrected chi connectivity index (χ3v) is 7.02. The highest BCUT2D eigenvalue weighted by Gasteiger charge is 2.49. The van der Waals surface area contributed by atoms with Gasteiger partial charge in [0, 0.05) is 32.4 Å². The first kappa shape index (κ1) is 28.8. The fraction of sp³-hybridized carbons (Fsp3) is 0.652. The lowest BCUT2D eigenvalue weighted by Gasteiger charge is -2.33. The van der Waals surface area contributed by atoms with Gasteiger partial charge < -0.3 is 20.3 Å². The maximum absolute atomic E-state index is 13.7. The Hall–Kier alpha value is -3.17. The molecule has 3 heterocycles. The molecule has 2 N–H and O–H groups in total. The first-order valence-electron chi connectivity index (χ1n) is 12.1. The van der Waals surface area contributed by atoms with E-state index in [4.69, 9.17) is 4.74 Å². The Bertz CT molecular complexity index is 1210. The number of hydrogen-bond donors (Lipinski definition) is 2. The number of alkyl halides is 7. The summed E-state index contributed by atoms with van der Waals surface area (Å²) in [4.78, 5) is 29.8. The van der Waals surface area contributed by atoms with Crippen LogP contribution in [0.3, 0.4) is 0 Å². The molecule has 0 bridgehead atoms. The number of imidazole rings is 1. The molecule has 0 radical (unpaired) electrons. The highest BCUT2D eigenvalue weighted by atomic mass is 19.4. The lowest BCUT2D eigenvalue weighted by Crippen LogP contribution is -2.43.